The number of carbonyl (C=O) groups excluding carboxylic acids is 4. The van der Waals surface area contributed by atoms with E-state index in [1.165, 1.54) is 0 Å². The topological polar surface area (TPSA) is 157 Å². The molecule has 0 unspecified atom stereocenters. The smallest absolute Gasteiger partial charge is 0.407 e. The van der Waals surface area contributed by atoms with Gasteiger partial charge in [-0.25, -0.2) is 15.1 Å². The quantitative estimate of drug-likeness (QED) is 0.0602. The zero-order valence-corrected chi connectivity index (χ0v) is 32.3. The minimum Gasteiger partial charge on any atom is -0.444 e. The highest BCUT2D eigenvalue weighted by Gasteiger charge is 2.34. The lowest BCUT2D eigenvalue weighted by Gasteiger charge is -2.37. The number of ether oxygens (including phenoxy) is 3. The van der Waals surface area contributed by atoms with Crippen LogP contribution >= 0.6 is 11.6 Å². The molecule has 0 aliphatic carbocycles. The van der Waals surface area contributed by atoms with Crippen molar-refractivity contribution in [2.24, 2.45) is 0 Å². The Kier molecular flexibility index (Phi) is 17.8. The van der Waals surface area contributed by atoms with Crippen LogP contribution in [0, 0.1) is 0 Å². The Labute approximate surface area is 317 Å². The average Bonchev–Trinajstić information content (AvgIpc) is 3.11. The first-order chi connectivity index (χ1) is 25.3. The first-order valence-electron chi connectivity index (χ1n) is 18.0. The molecule has 0 fully saturated rings. The number of halogens is 1. The van der Waals surface area contributed by atoms with E-state index in [-0.39, 0.29) is 25.4 Å². The van der Waals surface area contributed by atoms with Gasteiger partial charge in [0.25, 0.3) is 0 Å². The molecular weight excluding hydrogens is 702 g/mol. The fraction of sp³-hybridized carbons (Fsp3) is 0.487. The van der Waals surface area contributed by atoms with Gasteiger partial charge >= 0.3 is 12.1 Å². The van der Waals surface area contributed by atoms with Crippen LogP contribution in [-0.2, 0) is 41.7 Å². The van der Waals surface area contributed by atoms with Crippen LogP contribution in [-0.4, -0.2) is 79.2 Å². The molecule has 0 heterocycles. The molecule has 290 valence electrons. The van der Waals surface area contributed by atoms with Gasteiger partial charge in [0.2, 0.25) is 11.8 Å². The molecule has 0 aliphatic heterocycles. The van der Waals surface area contributed by atoms with Crippen LogP contribution in [0.25, 0.3) is 10.8 Å². The van der Waals surface area contributed by atoms with Gasteiger partial charge in [0, 0.05) is 37.9 Å². The van der Waals surface area contributed by atoms with E-state index >= 15 is 0 Å². The molecule has 0 radical (unpaired) electrons. The number of carbonyl (C=O) groups is 4. The van der Waals surface area contributed by atoms with Gasteiger partial charge in [-0.05, 0) is 94.8 Å². The summed E-state index contributed by atoms with van der Waals surface area (Å²) >= 11 is 5.92. The maximum absolute atomic E-state index is 14.6. The number of amides is 5. The van der Waals surface area contributed by atoms with Crippen molar-refractivity contribution in [1.82, 2.24) is 26.3 Å². The van der Waals surface area contributed by atoms with Crippen LogP contribution in [0.15, 0.2) is 66.7 Å². The van der Waals surface area contributed by atoms with E-state index in [0.29, 0.717) is 37.6 Å². The lowest BCUT2D eigenvalue weighted by atomic mass is 10.0. The summed E-state index contributed by atoms with van der Waals surface area (Å²) in [6.07, 6.45) is -0.00689. The molecular formula is C39H54ClN5O8. The van der Waals surface area contributed by atoms with E-state index < -0.39 is 48.6 Å². The van der Waals surface area contributed by atoms with Gasteiger partial charge in [-0.3, -0.25) is 14.4 Å². The molecule has 0 spiro atoms. The molecule has 2 atom stereocenters. The first-order valence-corrected chi connectivity index (χ1v) is 18.4. The maximum Gasteiger partial charge on any atom is 0.407 e. The van der Waals surface area contributed by atoms with E-state index in [9.17, 15) is 19.2 Å². The second-order valence-electron chi connectivity index (χ2n) is 13.4. The highest BCUT2D eigenvalue weighted by Crippen LogP contribution is 2.24. The number of unbranched alkanes of at least 4 members (excludes halogenated alkanes) is 1. The molecule has 0 saturated carbocycles. The zero-order chi connectivity index (χ0) is 38.8. The average molecular weight is 756 g/mol. The normalized spacial score (nSPS) is 12.5. The van der Waals surface area contributed by atoms with Gasteiger partial charge in [-0.2, -0.15) is 0 Å². The predicted molar refractivity (Wildman–Crippen MR) is 204 cm³/mol. The monoisotopic (exact) mass is 755 g/mol. The molecule has 3 rings (SSSR count). The summed E-state index contributed by atoms with van der Waals surface area (Å²) < 4.78 is 17.2. The number of nitrogens with zero attached hydrogens (tertiary/aromatic N) is 1. The summed E-state index contributed by atoms with van der Waals surface area (Å²) in [5.74, 6) is -0.964. The van der Waals surface area contributed by atoms with Crippen LogP contribution in [0.4, 0.5) is 9.59 Å². The highest BCUT2D eigenvalue weighted by molar-refractivity contribution is 6.30. The van der Waals surface area contributed by atoms with E-state index in [4.69, 9.17) is 30.6 Å². The Morgan fingerprint density at radius 2 is 1.55 bits per heavy atom. The third kappa shape index (κ3) is 15.2. The standard InChI is InChI=1S/C39H54ClN5O8/c1-7-50-36(51-8-2)27(3)45(25-30-16-13-15-29-14-9-10-17-32(29)30)35(47)33(18-11-12-23-41-38(49)53-39(4,5)6)43-34(46)26-52-44-37(48)42-24-28-19-21-31(40)22-20-28/h9-10,13-17,19-22,27,33,36H,7-8,11-12,18,23-26H2,1-6H3,(H,41,49)(H,43,46)(H2,42,44,48)/t27-,33-/m0/s1. The molecule has 5 amide bonds. The third-order valence-corrected chi connectivity index (χ3v) is 8.26. The second-order valence-corrected chi connectivity index (χ2v) is 13.8. The Hall–Kier alpha value is -4.43. The van der Waals surface area contributed by atoms with Crippen molar-refractivity contribution >= 4 is 46.3 Å². The minimum absolute atomic E-state index is 0.215. The van der Waals surface area contributed by atoms with Crippen molar-refractivity contribution < 1.29 is 38.2 Å². The van der Waals surface area contributed by atoms with E-state index in [0.717, 1.165) is 21.9 Å². The molecule has 3 aromatic carbocycles. The number of urea groups is 1. The molecule has 13 nitrogen and oxygen atoms in total. The van der Waals surface area contributed by atoms with Crippen molar-refractivity contribution in [3.63, 3.8) is 0 Å². The summed E-state index contributed by atoms with van der Waals surface area (Å²) in [6, 6.07) is 18.7. The summed E-state index contributed by atoms with van der Waals surface area (Å²) in [5.41, 5.74) is 3.30. The predicted octanol–water partition coefficient (Wildman–Crippen LogP) is 6.22. The largest absolute Gasteiger partial charge is 0.444 e. The Morgan fingerprint density at radius 1 is 0.868 bits per heavy atom. The second kappa shape index (κ2) is 21.9. The molecule has 14 heteroatoms. The van der Waals surface area contributed by atoms with Crippen LogP contribution in [0.5, 0.6) is 0 Å². The summed E-state index contributed by atoms with van der Waals surface area (Å²) in [4.78, 5) is 59.1. The van der Waals surface area contributed by atoms with Gasteiger partial charge in [0.15, 0.2) is 12.9 Å². The Bertz CT molecular complexity index is 1610. The number of hydroxylamine groups is 1. The van der Waals surface area contributed by atoms with Crippen molar-refractivity contribution in [1.29, 1.82) is 0 Å². The Balaban J connectivity index is 1.76. The fourth-order valence-corrected chi connectivity index (χ4v) is 5.62. The first kappa shape index (κ1) is 43.0. The molecule has 4 N–H and O–H groups in total. The number of nitrogens with one attached hydrogen (secondary N) is 4. The molecule has 3 aromatic rings. The van der Waals surface area contributed by atoms with Crippen molar-refractivity contribution in [2.75, 3.05) is 26.4 Å². The van der Waals surface area contributed by atoms with Gasteiger partial charge < -0.3 is 35.1 Å². The zero-order valence-electron chi connectivity index (χ0n) is 31.5. The number of alkyl carbamates (subject to hydrolysis) is 1. The number of hydrogen-bond donors (Lipinski definition) is 4. The third-order valence-electron chi connectivity index (χ3n) is 8.01. The van der Waals surface area contributed by atoms with Gasteiger partial charge in [0.05, 0.1) is 6.04 Å². The molecule has 0 saturated heterocycles. The number of fused-ring (bicyclic) bond motifs is 1. The van der Waals surface area contributed by atoms with Gasteiger partial charge in [-0.15, -0.1) is 0 Å². The van der Waals surface area contributed by atoms with Crippen LogP contribution in [0.1, 0.15) is 71.9 Å². The van der Waals surface area contributed by atoms with Crippen molar-refractivity contribution in [2.45, 2.75) is 97.9 Å². The maximum atomic E-state index is 14.6. The van der Waals surface area contributed by atoms with E-state index in [1.807, 2.05) is 63.2 Å². The van der Waals surface area contributed by atoms with Crippen LogP contribution in [0.2, 0.25) is 5.02 Å². The molecule has 0 aromatic heterocycles. The van der Waals surface area contributed by atoms with Gasteiger partial charge in [-0.1, -0.05) is 66.2 Å². The summed E-state index contributed by atoms with van der Waals surface area (Å²) in [7, 11) is 0. The molecule has 0 bridgehead atoms. The molecule has 0 aliphatic rings. The summed E-state index contributed by atoms with van der Waals surface area (Å²) in [5, 5.41) is 10.8. The van der Waals surface area contributed by atoms with Gasteiger partial charge in [0.1, 0.15) is 11.6 Å². The number of benzene rings is 3. The summed E-state index contributed by atoms with van der Waals surface area (Å²) in [6.45, 7) is 11.9. The lowest BCUT2D eigenvalue weighted by molar-refractivity contribution is -0.180. The highest BCUT2D eigenvalue weighted by atomic mass is 35.5. The lowest BCUT2D eigenvalue weighted by Crippen LogP contribution is -2.55. The minimum atomic E-state index is -0.979. The molecule has 53 heavy (non-hydrogen) atoms. The van der Waals surface area contributed by atoms with Crippen molar-refractivity contribution in [3.8, 4) is 0 Å². The van der Waals surface area contributed by atoms with E-state index in [1.54, 1.807) is 49.9 Å². The SMILES string of the molecule is CCOC(OCC)[C@H](C)N(Cc1cccc2ccccc12)C(=O)[C@H](CCCCNC(=O)OC(C)(C)C)NC(=O)CONC(=O)NCc1ccc(Cl)cc1. The van der Waals surface area contributed by atoms with Crippen molar-refractivity contribution in [3.05, 3.63) is 82.9 Å². The van der Waals surface area contributed by atoms with Crippen LogP contribution < -0.4 is 21.4 Å². The van der Waals surface area contributed by atoms with Crippen LogP contribution in [0.3, 0.4) is 0 Å². The number of rotatable bonds is 20. The number of hydrogen-bond acceptors (Lipinski definition) is 8. The Morgan fingerprint density at radius 3 is 2.23 bits per heavy atom. The fourth-order valence-electron chi connectivity index (χ4n) is 5.50. The van der Waals surface area contributed by atoms with E-state index in [2.05, 4.69) is 21.4 Å².